The second-order valence-electron chi connectivity index (χ2n) is 4.94. The molecular weight excluding hydrogens is 244 g/mol. The van der Waals surface area contributed by atoms with Crippen molar-refractivity contribution in [3.8, 4) is 0 Å². The Morgan fingerprint density at radius 3 is 2.47 bits per heavy atom. The van der Waals surface area contributed by atoms with Gasteiger partial charge < -0.3 is 19.9 Å². The van der Waals surface area contributed by atoms with Gasteiger partial charge in [-0.1, -0.05) is 0 Å². The number of likely N-dealkylation sites (tertiary alicyclic amines) is 1. The van der Waals surface area contributed by atoms with Crippen molar-refractivity contribution in [1.29, 1.82) is 0 Å². The number of piperidine rings is 1. The first-order valence-corrected chi connectivity index (χ1v) is 7.45. The highest BCUT2D eigenvalue weighted by Crippen LogP contribution is 2.20. The first-order chi connectivity index (χ1) is 9.24. The fraction of sp³-hybridized carbons (Fsp3) is 1.00. The zero-order chi connectivity index (χ0) is 14.1. The van der Waals surface area contributed by atoms with Crippen LogP contribution in [0.3, 0.4) is 0 Å². The van der Waals surface area contributed by atoms with Gasteiger partial charge in [-0.3, -0.25) is 4.90 Å². The second-order valence-corrected chi connectivity index (χ2v) is 4.94. The summed E-state index contributed by atoms with van der Waals surface area (Å²) in [4.78, 5) is 2.45. The summed E-state index contributed by atoms with van der Waals surface area (Å²) in [5.41, 5.74) is 5.87. The van der Waals surface area contributed by atoms with E-state index < -0.39 is 0 Å². The molecule has 5 heteroatoms. The van der Waals surface area contributed by atoms with Crippen molar-refractivity contribution in [2.45, 2.75) is 51.5 Å². The van der Waals surface area contributed by atoms with Crippen molar-refractivity contribution in [2.24, 2.45) is 5.73 Å². The van der Waals surface area contributed by atoms with Crippen molar-refractivity contribution in [1.82, 2.24) is 4.90 Å². The number of rotatable bonds is 9. The fourth-order valence-electron chi connectivity index (χ4n) is 2.67. The molecule has 1 heterocycles. The van der Waals surface area contributed by atoms with Gasteiger partial charge in [-0.2, -0.15) is 0 Å². The molecule has 2 atom stereocenters. The number of nitrogens with two attached hydrogens (primary N) is 1. The van der Waals surface area contributed by atoms with E-state index in [1.54, 1.807) is 7.11 Å². The Labute approximate surface area is 117 Å². The highest BCUT2D eigenvalue weighted by molar-refractivity contribution is 4.83. The summed E-state index contributed by atoms with van der Waals surface area (Å²) in [5.74, 6) is 0. The van der Waals surface area contributed by atoms with Gasteiger partial charge in [0.15, 0.2) is 6.29 Å². The van der Waals surface area contributed by atoms with Gasteiger partial charge in [0.05, 0.1) is 6.10 Å². The maximum atomic E-state index is 5.87. The maximum Gasteiger partial charge on any atom is 0.158 e. The van der Waals surface area contributed by atoms with Gasteiger partial charge in [-0.25, -0.2) is 0 Å². The van der Waals surface area contributed by atoms with Crippen molar-refractivity contribution < 1.29 is 14.2 Å². The highest BCUT2D eigenvalue weighted by Gasteiger charge is 2.27. The van der Waals surface area contributed by atoms with Crippen LogP contribution in [0, 0.1) is 0 Å². The number of hydrogen-bond donors (Lipinski definition) is 1. The van der Waals surface area contributed by atoms with Crippen molar-refractivity contribution in [3.63, 3.8) is 0 Å². The Hall–Kier alpha value is -0.200. The molecule has 2 unspecified atom stereocenters. The molecular formula is C14H30N2O3. The van der Waals surface area contributed by atoms with E-state index in [4.69, 9.17) is 19.9 Å². The molecule has 0 aromatic heterocycles. The molecule has 0 aromatic carbocycles. The SMILES string of the molecule is CCOC(CCN1CCC(OC)CC1CN)OCC. The van der Waals surface area contributed by atoms with Crippen LogP contribution in [-0.2, 0) is 14.2 Å². The predicted molar refractivity (Wildman–Crippen MR) is 76.1 cm³/mol. The molecule has 1 saturated heterocycles. The molecule has 1 rings (SSSR count). The zero-order valence-electron chi connectivity index (χ0n) is 12.6. The number of hydrogen-bond acceptors (Lipinski definition) is 5. The van der Waals surface area contributed by atoms with Crippen LogP contribution < -0.4 is 5.73 Å². The molecule has 0 bridgehead atoms. The van der Waals surface area contributed by atoms with Crippen LogP contribution in [0.2, 0.25) is 0 Å². The molecule has 0 saturated carbocycles. The van der Waals surface area contributed by atoms with Crippen LogP contribution >= 0.6 is 0 Å². The van der Waals surface area contributed by atoms with Gasteiger partial charge in [-0.15, -0.1) is 0 Å². The summed E-state index contributed by atoms with van der Waals surface area (Å²) >= 11 is 0. The van der Waals surface area contributed by atoms with E-state index in [0.29, 0.717) is 31.9 Å². The Bertz CT molecular complexity index is 223. The lowest BCUT2D eigenvalue weighted by Gasteiger charge is -2.38. The molecule has 5 nitrogen and oxygen atoms in total. The lowest BCUT2D eigenvalue weighted by Crippen LogP contribution is -2.49. The summed E-state index contributed by atoms with van der Waals surface area (Å²) < 4.78 is 16.6. The Kier molecular flexibility index (Phi) is 8.57. The molecule has 2 N–H and O–H groups in total. The number of ether oxygens (including phenoxy) is 3. The molecule has 1 aliphatic heterocycles. The Morgan fingerprint density at radius 1 is 1.26 bits per heavy atom. The lowest BCUT2D eigenvalue weighted by atomic mass is 9.99. The third-order valence-corrected chi connectivity index (χ3v) is 3.75. The molecule has 0 spiro atoms. The summed E-state index contributed by atoms with van der Waals surface area (Å²) in [6.07, 6.45) is 3.28. The van der Waals surface area contributed by atoms with Crippen LogP contribution in [0.15, 0.2) is 0 Å². The number of methoxy groups -OCH3 is 1. The molecule has 0 aliphatic carbocycles. The fourth-order valence-corrected chi connectivity index (χ4v) is 2.67. The minimum atomic E-state index is -0.0893. The monoisotopic (exact) mass is 274 g/mol. The summed E-state index contributed by atoms with van der Waals surface area (Å²) in [6.45, 7) is 8.09. The minimum Gasteiger partial charge on any atom is -0.381 e. The summed E-state index contributed by atoms with van der Waals surface area (Å²) in [6, 6.07) is 0.419. The maximum absolute atomic E-state index is 5.87. The van der Waals surface area contributed by atoms with Gasteiger partial charge in [-0.05, 0) is 26.7 Å². The van der Waals surface area contributed by atoms with Crippen LogP contribution in [0.5, 0.6) is 0 Å². The van der Waals surface area contributed by atoms with Gasteiger partial charge in [0.2, 0.25) is 0 Å². The highest BCUT2D eigenvalue weighted by atomic mass is 16.7. The first-order valence-electron chi connectivity index (χ1n) is 7.45. The van der Waals surface area contributed by atoms with Crippen molar-refractivity contribution in [2.75, 3.05) is 40.0 Å². The molecule has 114 valence electrons. The van der Waals surface area contributed by atoms with E-state index in [-0.39, 0.29) is 6.29 Å². The summed E-state index contributed by atoms with van der Waals surface area (Å²) in [7, 11) is 1.79. The van der Waals surface area contributed by atoms with E-state index in [9.17, 15) is 0 Å². The molecule has 1 aliphatic rings. The summed E-state index contributed by atoms with van der Waals surface area (Å²) in [5, 5.41) is 0. The second kappa shape index (κ2) is 9.66. The van der Waals surface area contributed by atoms with Gasteiger partial charge in [0, 0.05) is 52.4 Å². The zero-order valence-corrected chi connectivity index (χ0v) is 12.6. The normalized spacial score (nSPS) is 25.1. The van der Waals surface area contributed by atoms with Crippen LogP contribution in [-0.4, -0.2) is 63.3 Å². The number of nitrogens with zero attached hydrogens (tertiary/aromatic N) is 1. The largest absolute Gasteiger partial charge is 0.381 e. The minimum absolute atomic E-state index is 0.0893. The lowest BCUT2D eigenvalue weighted by molar-refractivity contribution is -0.143. The van der Waals surface area contributed by atoms with Crippen LogP contribution in [0.25, 0.3) is 0 Å². The molecule has 0 aromatic rings. The van der Waals surface area contributed by atoms with Crippen LogP contribution in [0.1, 0.15) is 33.1 Å². The van der Waals surface area contributed by atoms with Crippen molar-refractivity contribution >= 4 is 0 Å². The molecule has 0 radical (unpaired) electrons. The standard InChI is InChI=1S/C14H30N2O3/c1-4-18-14(19-5-2)7-9-16-8-6-13(17-3)10-12(16)11-15/h12-14H,4-11,15H2,1-3H3. The topological polar surface area (TPSA) is 57.0 Å². The van der Waals surface area contributed by atoms with E-state index in [1.165, 1.54) is 0 Å². The molecule has 19 heavy (non-hydrogen) atoms. The van der Waals surface area contributed by atoms with Crippen molar-refractivity contribution in [3.05, 3.63) is 0 Å². The predicted octanol–water partition coefficient (Wildman–Crippen LogP) is 1.21. The van der Waals surface area contributed by atoms with E-state index >= 15 is 0 Å². The van der Waals surface area contributed by atoms with Gasteiger partial charge in [0.1, 0.15) is 0 Å². The van der Waals surface area contributed by atoms with E-state index in [0.717, 1.165) is 32.4 Å². The Morgan fingerprint density at radius 2 is 1.95 bits per heavy atom. The third kappa shape index (κ3) is 5.75. The average Bonchev–Trinajstić information content (AvgIpc) is 2.45. The Balaban J connectivity index is 2.37. The smallest absolute Gasteiger partial charge is 0.158 e. The first kappa shape index (κ1) is 16.9. The average molecular weight is 274 g/mol. The molecule has 1 fully saturated rings. The van der Waals surface area contributed by atoms with Crippen LogP contribution in [0.4, 0.5) is 0 Å². The molecule has 0 amide bonds. The van der Waals surface area contributed by atoms with E-state index in [1.807, 2.05) is 13.8 Å². The quantitative estimate of drug-likeness (QED) is 0.641. The van der Waals surface area contributed by atoms with Gasteiger partial charge in [0.25, 0.3) is 0 Å². The van der Waals surface area contributed by atoms with Gasteiger partial charge >= 0.3 is 0 Å². The third-order valence-electron chi connectivity index (χ3n) is 3.75. The van der Waals surface area contributed by atoms with E-state index in [2.05, 4.69) is 4.90 Å².